The third kappa shape index (κ3) is 3.42. The molecule has 20 heavy (non-hydrogen) atoms. The van der Waals surface area contributed by atoms with Crippen LogP contribution in [0.3, 0.4) is 0 Å². The highest BCUT2D eigenvalue weighted by Gasteiger charge is 2.14. The number of hydrogen-bond donors (Lipinski definition) is 1. The second-order valence-corrected chi connectivity index (χ2v) is 6.05. The molecule has 0 aliphatic heterocycles. The summed E-state index contributed by atoms with van der Waals surface area (Å²) in [6.45, 7) is 8.92. The summed E-state index contributed by atoms with van der Waals surface area (Å²) in [5, 5.41) is 8.95. The van der Waals surface area contributed by atoms with Crippen LogP contribution >= 0.6 is 0 Å². The molecular weight excluding hydrogens is 252 g/mol. The predicted molar refractivity (Wildman–Crippen MR) is 78.8 cm³/mol. The molecule has 0 saturated heterocycles. The first-order valence-corrected chi connectivity index (χ1v) is 6.82. The Morgan fingerprint density at radius 3 is 2.35 bits per heavy atom. The second kappa shape index (κ2) is 5.71. The third-order valence-corrected chi connectivity index (χ3v) is 3.28. The normalized spacial score (nSPS) is 11.7. The van der Waals surface area contributed by atoms with Gasteiger partial charge in [0.15, 0.2) is 0 Å². The van der Waals surface area contributed by atoms with E-state index in [2.05, 4.69) is 32.9 Å². The minimum atomic E-state index is -0.0840. The van der Waals surface area contributed by atoms with Crippen LogP contribution in [0.5, 0.6) is 5.75 Å². The highest BCUT2D eigenvalue weighted by Crippen LogP contribution is 2.28. The standard InChI is InChI=1S/C17H22O3/c1-12-9-13(17(2,3)4)5-8-16(12)19-11-15-7-6-14(10-18)20-15/h5-9,18H,10-11H2,1-4H3. The smallest absolute Gasteiger partial charge is 0.146 e. The summed E-state index contributed by atoms with van der Waals surface area (Å²) >= 11 is 0. The maximum absolute atomic E-state index is 8.95. The zero-order valence-corrected chi connectivity index (χ0v) is 12.6. The Bertz CT molecular complexity index is 576. The van der Waals surface area contributed by atoms with E-state index in [-0.39, 0.29) is 12.0 Å². The largest absolute Gasteiger partial charge is 0.485 e. The zero-order chi connectivity index (χ0) is 14.8. The van der Waals surface area contributed by atoms with E-state index in [0.29, 0.717) is 18.1 Å². The van der Waals surface area contributed by atoms with Crippen molar-refractivity contribution in [3.05, 3.63) is 53.0 Å². The summed E-state index contributed by atoms with van der Waals surface area (Å²) in [7, 11) is 0. The lowest BCUT2D eigenvalue weighted by Gasteiger charge is -2.20. The van der Waals surface area contributed by atoms with E-state index in [0.717, 1.165) is 11.3 Å². The first-order valence-electron chi connectivity index (χ1n) is 6.82. The highest BCUT2D eigenvalue weighted by molar-refractivity contribution is 5.38. The molecule has 1 aromatic heterocycles. The van der Waals surface area contributed by atoms with E-state index in [1.54, 1.807) is 6.07 Å². The van der Waals surface area contributed by atoms with Crippen LogP contribution < -0.4 is 4.74 Å². The predicted octanol–water partition coefficient (Wildman–Crippen LogP) is 3.96. The third-order valence-electron chi connectivity index (χ3n) is 3.28. The van der Waals surface area contributed by atoms with E-state index < -0.39 is 0 Å². The van der Waals surface area contributed by atoms with Gasteiger partial charge in [-0.15, -0.1) is 0 Å². The van der Waals surface area contributed by atoms with E-state index in [1.807, 2.05) is 19.1 Å². The van der Waals surface area contributed by atoms with Gasteiger partial charge in [-0.25, -0.2) is 0 Å². The molecular formula is C17H22O3. The highest BCUT2D eigenvalue weighted by atomic mass is 16.5. The number of hydrogen-bond acceptors (Lipinski definition) is 3. The second-order valence-electron chi connectivity index (χ2n) is 6.05. The van der Waals surface area contributed by atoms with Gasteiger partial charge in [-0.05, 0) is 41.7 Å². The maximum atomic E-state index is 8.95. The summed E-state index contributed by atoms with van der Waals surface area (Å²) in [6, 6.07) is 9.85. The number of rotatable bonds is 4. The minimum Gasteiger partial charge on any atom is -0.485 e. The summed E-state index contributed by atoms with van der Waals surface area (Å²) in [5.41, 5.74) is 2.55. The minimum absolute atomic E-state index is 0.0840. The van der Waals surface area contributed by atoms with Crippen molar-refractivity contribution in [1.29, 1.82) is 0 Å². The average molecular weight is 274 g/mol. The summed E-state index contributed by atoms with van der Waals surface area (Å²) < 4.78 is 11.2. The van der Waals surface area contributed by atoms with Crippen molar-refractivity contribution in [2.75, 3.05) is 0 Å². The van der Waals surface area contributed by atoms with Gasteiger partial charge in [0, 0.05) is 0 Å². The number of aliphatic hydroxyl groups is 1. The molecule has 2 aromatic rings. The zero-order valence-electron chi connectivity index (χ0n) is 12.6. The molecule has 1 aromatic carbocycles. The molecule has 3 heteroatoms. The van der Waals surface area contributed by atoms with Crippen LogP contribution in [0.15, 0.2) is 34.7 Å². The first-order chi connectivity index (χ1) is 9.40. The van der Waals surface area contributed by atoms with Crippen molar-refractivity contribution >= 4 is 0 Å². The van der Waals surface area contributed by atoms with E-state index in [1.165, 1.54) is 5.56 Å². The number of benzene rings is 1. The molecule has 0 saturated carbocycles. The average Bonchev–Trinajstić information content (AvgIpc) is 2.84. The Hall–Kier alpha value is -1.74. The first kappa shape index (κ1) is 14.7. The van der Waals surface area contributed by atoms with Crippen molar-refractivity contribution < 1.29 is 14.3 Å². The van der Waals surface area contributed by atoms with Crippen LogP contribution in [0.25, 0.3) is 0 Å². The van der Waals surface area contributed by atoms with Gasteiger partial charge in [-0.3, -0.25) is 0 Å². The number of aliphatic hydroxyl groups excluding tert-OH is 1. The monoisotopic (exact) mass is 274 g/mol. The Morgan fingerprint density at radius 2 is 1.80 bits per heavy atom. The molecule has 0 aliphatic carbocycles. The molecule has 0 aliphatic rings. The molecule has 0 spiro atoms. The fraction of sp³-hybridized carbons (Fsp3) is 0.412. The Morgan fingerprint density at radius 1 is 1.10 bits per heavy atom. The van der Waals surface area contributed by atoms with Crippen LogP contribution in [0.4, 0.5) is 0 Å². The number of aryl methyl sites for hydroxylation is 1. The summed E-state index contributed by atoms with van der Waals surface area (Å²) in [5.74, 6) is 2.14. The van der Waals surface area contributed by atoms with E-state index in [4.69, 9.17) is 14.3 Å². The van der Waals surface area contributed by atoms with Crippen LogP contribution in [0.1, 0.15) is 43.4 Å². The van der Waals surface area contributed by atoms with Crippen molar-refractivity contribution in [3.63, 3.8) is 0 Å². The van der Waals surface area contributed by atoms with Gasteiger partial charge in [-0.2, -0.15) is 0 Å². The maximum Gasteiger partial charge on any atom is 0.146 e. The molecule has 3 nitrogen and oxygen atoms in total. The van der Waals surface area contributed by atoms with E-state index >= 15 is 0 Å². The Kier molecular flexibility index (Phi) is 4.19. The fourth-order valence-corrected chi connectivity index (χ4v) is 2.01. The van der Waals surface area contributed by atoms with Gasteiger partial charge in [0.2, 0.25) is 0 Å². The molecule has 0 amide bonds. The van der Waals surface area contributed by atoms with Crippen LogP contribution in [0, 0.1) is 6.92 Å². The van der Waals surface area contributed by atoms with Gasteiger partial charge < -0.3 is 14.3 Å². The molecule has 2 rings (SSSR count). The summed E-state index contributed by atoms with van der Waals surface area (Å²) in [4.78, 5) is 0. The topological polar surface area (TPSA) is 42.6 Å². The van der Waals surface area contributed by atoms with Gasteiger partial charge in [-0.1, -0.05) is 32.9 Å². The van der Waals surface area contributed by atoms with Crippen molar-refractivity contribution in [2.24, 2.45) is 0 Å². The SMILES string of the molecule is Cc1cc(C(C)(C)C)ccc1OCc1ccc(CO)o1. The van der Waals surface area contributed by atoms with Crippen molar-refractivity contribution in [3.8, 4) is 5.75 Å². The lowest BCUT2D eigenvalue weighted by atomic mass is 9.86. The Labute approximate surface area is 120 Å². The Balaban J connectivity index is 2.06. The lowest BCUT2D eigenvalue weighted by molar-refractivity contribution is 0.224. The molecule has 108 valence electrons. The van der Waals surface area contributed by atoms with Crippen LogP contribution in [0.2, 0.25) is 0 Å². The van der Waals surface area contributed by atoms with Gasteiger partial charge in [0.1, 0.15) is 30.5 Å². The number of ether oxygens (including phenoxy) is 1. The molecule has 0 bridgehead atoms. The molecule has 1 N–H and O–H groups in total. The molecule has 0 fully saturated rings. The van der Waals surface area contributed by atoms with Crippen LogP contribution in [-0.4, -0.2) is 5.11 Å². The molecule has 1 heterocycles. The van der Waals surface area contributed by atoms with Crippen molar-refractivity contribution in [1.82, 2.24) is 0 Å². The molecule has 0 radical (unpaired) electrons. The van der Waals surface area contributed by atoms with Gasteiger partial charge >= 0.3 is 0 Å². The molecule has 0 unspecified atom stereocenters. The van der Waals surface area contributed by atoms with Crippen molar-refractivity contribution in [2.45, 2.75) is 46.3 Å². The van der Waals surface area contributed by atoms with Crippen LogP contribution in [-0.2, 0) is 18.6 Å². The summed E-state index contributed by atoms with van der Waals surface area (Å²) in [6.07, 6.45) is 0. The quantitative estimate of drug-likeness (QED) is 0.917. The fourth-order valence-electron chi connectivity index (χ4n) is 2.01. The van der Waals surface area contributed by atoms with E-state index in [9.17, 15) is 0 Å². The molecule has 0 atom stereocenters. The van der Waals surface area contributed by atoms with Gasteiger partial charge in [0.25, 0.3) is 0 Å². The van der Waals surface area contributed by atoms with Gasteiger partial charge in [0.05, 0.1) is 0 Å². The lowest BCUT2D eigenvalue weighted by Crippen LogP contribution is -2.11. The number of furan rings is 1.